The van der Waals surface area contributed by atoms with Crippen LogP contribution in [0, 0.1) is 11.3 Å². The topological polar surface area (TPSA) is 114 Å². The molecule has 0 radical (unpaired) electrons. The molecule has 0 saturated heterocycles. The van der Waals surface area contributed by atoms with Crippen LogP contribution in [0.5, 0.6) is 5.88 Å². The van der Waals surface area contributed by atoms with Gasteiger partial charge in [-0.2, -0.15) is 15.3 Å². The van der Waals surface area contributed by atoms with E-state index in [-0.39, 0.29) is 23.7 Å². The quantitative estimate of drug-likeness (QED) is 0.634. The van der Waals surface area contributed by atoms with Gasteiger partial charge < -0.3 is 20.1 Å². The van der Waals surface area contributed by atoms with Gasteiger partial charge in [-0.05, 0) is 65.0 Å². The van der Waals surface area contributed by atoms with Crippen LogP contribution in [0.15, 0.2) is 18.2 Å². The van der Waals surface area contributed by atoms with Crippen LogP contribution in [0.25, 0.3) is 0 Å². The summed E-state index contributed by atoms with van der Waals surface area (Å²) in [4.78, 5) is 16.7. The minimum absolute atomic E-state index is 0.0961. The second-order valence-corrected chi connectivity index (χ2v) is 9.34. The number of rotatable bonds is 0. The monoisotopic (exact) mass is 438 g/mol. The van der Waals surface area contributed by atoms with Crippen molar-refractivity contribution < 1.29 is 14.3 Å². The number of pyridine rings is 1. The fourth-order valence-corrected chi connectivity index (χ4v) is 4.13. The van der Waals surface area contributed by atoms with E-state index in [9.17, 15) is 10.1 Å². The molecule has 3 heterocycles. The van der Waals surface area contributed by atoms with E-state index in [2.05, 4.69) is 42.5 Å². The largest absolute Gasteiger partial charge is 0.477 e. The molecular weight excluding hydrogens is 408 g/mol. The van der Waals surface area contributed by atoms with Crippen molar-refractivity contribution in [2.45, 2.75) is 70.4 Å². The molecule has 2 atom stereocenters. The number of alkyl carbamates (subject to hydrolysis) is 1. The number of nitrogens with one attached hydrogen (secondary N) is 2. The maximum Gasteiger partial charge on any atom is 0.407 e. The fourth-order valence-electron chi connectivity index (χ4n) is 4.13. The van der Waals surface area contributed by atoms with Crippen molar-refractivity contribution in [2.75, 3.05) is 18.5 Å². The zero-order valence-electron chi connectivity index (χ0n) is 18.9. The Morgan fingerprint density at radius 1 is 1.25 bits per heavy atom. The number of hydrogen-bond acceptors (Lipinski definition) is 7. The summed E-state index contributed by atoms with van der Waals surface area (Å²) < 4.78 is 13.4. The smallest absolute Gasteiger partial charge is 0.407 e. The van der Waals surface area contributed by atoms with Gasteiger partial charge in [0, 0.05) is 18.5 Å². The Kier molecular flexibility index (Phi) is 6.21. The predicted molar refractivity (Wildman–Crippen MR) is 119 cm³/mol. The van der Waals surface area contributed by atoms with Crippen molar-refractivity contribution in [1.82, 2.24) is 20.1 Å². The van der Waals surface area contributed by atoms with E-state index in [0.717, 1.165) is 43.6 Å². The molecule has 2 aliphatic rings. The summed E-state index contributed by atoms with van der Waals surface area (Å²) in [6.45, 7) is 7.19. The number of amides is 1. The first kappa shape index (κ1) is 21.9. The maximum atomic E-state index is 12.1. The Hall–Kier alpha value is -3.28. The van der Waals surface area contributed by atoms with Gasteiger partial charge in [0.25, 0.3) is 0 Å². The molecule has 4 rings (SSSR count). The number of aromatic nitrogens is 3. The van der Waals surface area contributed by atoms with E-state index in [1.54, 1.807) is 12.1 Å². The van der Waals surface area contributed by atoms with Gasteiger partial charge in [-0.3, -0.25) is 0 Å². The van der Waals surface area contributed by atoms with Crippen molar-refractivity contribution in [3.8, 4) is 11.9 Å². The normalized spacial score (nSPS) is 21.8. The van der Waals surface area contributed by atoms with Crippen molar-refractivity contribution >= 4 is 17.7 Å². The van der Waals surface area contributed by atoms with Crippen LogP contribution >= 0.6 is 0 Å². The molecule has 0 spiro atoms. The molecule has 2 aromatic heterocycles. The van der Waals surface area contributed by atoms with Crippen LogP contribution in [0.2, 0.25) is 0 Å². The number of hydrogen-bond donors (Lipinski definition) is 2. The van der Waals surface area contributed by atoms with Gasteiger partial charge in [-0.15, -0.1) is 0 Å². The van der Waals surface area contributed by atoms with Gasteiger partial charge in [0.15, 0.2) is 0 Å². The Morgan fingerprint density at radius 2 is 2.09 bits per heavy atom. The molecule has 9 nitrogen and oxygen atoms in total. The zero-order chi connectivity index (χ0) is 22.7. The highest BCUT2D eigenvalue weighted by Gasteiger charge is 2.32. The molecule has 9 heteroatoms. The summed E-state index contributed by atoms with van der Waals surface area (Å²) in [5, 5.41) is 20.5. The predicted octanol–water partition coefficient (Wildman–Crippen LogP) is 4.18. The highest BCUT2D eigenvalue weighted by molar-refractivity contribution is 5.67. The third-order valence-electron chi connectivity index (χ3n) is 5.76. The summed E-state index contributed by atoms with van der Waals surface area (Å²) in [5.74, 6) is 1.94. The van der Waals surface area contributed by atoms with Crippen LogP contribution in [0.4, 0.5) is 16.4 Å². The van der Waals surface area contributed by atoms with Crippen LogP contribution in [0.3, 0.4) is 0 Å². The fraction of sp³-hybridized carbons (Fsp3) is 0.565. The van der Waals surface area contributed by atoms with E-state index in [4.69, 9.17) is 14.6 Å². The SMILES string of the molecule is CC(C)(C)n1nc2cc1Nc1ccc(C#N)c(n1)OCCCCNC(=O)O[C@@H]1CC[C@H]2C1. The minimum atomic E-state index is -0.374. The highest BCUT2D eigenvalue weighted by atomic mass is 16.6. The highest BCUT2D eigenvalue weighted by Crippen LogP contribution is 2.38. The number of carbonyl (C=O) groups is 1. The second-order valence-electron chi connectivity index (χ2n) is 9.34. The van der Waals surface area contributed by atoms with E-state index < -0.39 is 0 Å². The molecule has 32 heavy (non-hydrogen) atoms. The lowest BCUT2D eigenvalue weighted by Crippen LogP contribution is -2.29. The standard InChI is InChI=1S/C23H30N6O3/c1-23(2,3)29-20-13-18(28-29)15-6-8-17(12-15)32-22(30)25-10-4-5-11-31-21-16(14-24)7-9-19(26-20)27-21/h7,9,13,15,17H,4-6,8,10-12H2,1-3H3,(H,25,30)(H,26,27)/t15-,17+/m0/s1. The Balaban J connectivity index is 1.68. The van der Waals surface area contributed by atoms with E-state index >= 15 is 0 Å². The molecule has 1 amide bonds. The first-order valence-corrected chi connectivity index (χ1v) is 11.2. The van der Waals surface area contributed by atoms with Crippen LogP contribution < -0.4 is 15.4 Å². The molecule has 2 N–H and O–H groups in total. The first-order valence-electron chi connectivity index (χ1n) is 11.2. The summed E-state index contributed by atoms with van der Waals surface area (Å²) in [7, 11) is 0. The molecule has 1 aliphatic heterocycles. The molecule has 170 valence electrons. The summed E-state index contributed by atoms with van der Waals surface area (Å²) in [6, 6.07) is 7.66. The van der Waals surface area contributed by atoms with Crippen molar-refractivity contribution in [3.63, 3.8) is 0 Å². The lowest BCUT2D eigenvalue weighted by molar-refractivity contribution is 0.0999. The van der Waals surface area contributed by atoms with Gasteiger partial charge in [0.2, 0.25) is 5.88 Å². The molecule has 1 fully saturated rings. The van der Waals surface area contributed by atoms with Gasteiger partial charge in [0.1, 0.15) is 29.4 Å². The van der Waals surface area contributed by atoms with Crippen LogP contribution in [0.1, 0.15) is 70.1 Å². The van der Waals surface area contributed by atoms with Crippen molar-refractivity contribution in [2.24, 2.45) is 0 Å². The van der Waals surface area contributed by atoms with Gasteiger partial charge >= 0.3 is 6.09 Å². The van der Waals surface area contributed by atoms with Crippen molar-refractivity contribution in [1.29, 1.82) is 5.26 Å². The summed E-state index contributed by atoms with van der Waals surface area (Å²) >= 11 is 0. The summed E-state index contributed by atoms with van der Waals surface area (Å²) in [6.07, 6.45) is 3.51. The summed E-state index contributed by atoms with van der Waals surface area (Å²) in [5.41, 5.74) is 1.11. The number of fused-ring (bicyclic) bond motifs is 7. The number of ether oxygens (including phenoxy) is 2. The third-order valence-corrected chi connectivity index (χ3v) is 5.76. The van der Waals surface area contributed by atoms with E-state index in [1.165, 1.54) is 0 Å². The third kappa shape index (κ3) is 4.96. The van der Waals surface area contributed by atoms with Gasteiger partial charge in [-0.1, -0.05) is 0 Å². The average Bonchev–Trinajstić information content (AvgIpc) is 3.37. The lowest BCUT2D eigenvalue weighted by Gasteiger charge is -2.22. The van der Waals surface area contributed by atoms with Gasteiger partial charge in [-0.25, -0.2) is 9.48 Å². The minimum Gasteiger partial charge on any atom is -0.477 e. The molecule has 2 aromatic rings. The molecule has 0 unspecified atom stereocenters. The average molecular weight is 439 g/mol. The Labute approximate surface area is 188 Å². The van der Waals surface area contributed by atoms with Crippen LogP contribution in [-0.2, 0) is 10.3 Å². The lowest BCUT2D eigenvalue weighted by atomic mass is 10.0. The van der Waals surface area contributed by atoms with Crippen LogP contribution in [-0.4, -0.2) is 40.1 Å². The Bertz CT molecular complexity index is 1020. The molecule has 1 aliphatic carbocycles. The molecule has 6 bridgehead atoms. The number of carbonyl (C=O) groups excluding carboxylic acids is 1. The maximum absolute atomic E-state index is 12.1. The molecule has 0 aromatic carbocycles. The molecule has 1 saturated carbocycles. The van der Waals surface area contributed by atoms with Gasteiger partial charge in [0.05, 0.1) is 17.8 Å². The zero-order valence-corrected chi connectivity index (χ0v) is 18.9. The van der Waals surface area contributed by atoms with Crippen molar-refractivity contribution in [3.05, 3.63) is 29.5 Å². The first-order chi connectivity index (χ1) is 15.3. The molecular formula is C23H30N6O3. The number of anilines is 2. The Morgan fingerprint density at radius 3 is 2.88 bits per heavy atom. The van der Waals surface area contributed by atoms with E-state index in [0.29, 0.717) is 30.4 Å². The number of nitrogens with zero attached hydrogens (tertiary/aromatic N) is 4. The van der Waals surface area contributed by atoms with E-state index in [1.807, 2.05) is 10.7 Å². The number of nitriles is 1. The second kappa shape index (κ2) is 9.07.